The van der Waals surface area contributed by atoms with E-state index in [1.807, 2.05) is 6.92 Å². The molecule has 0 saturated heterocycles. The highest BCUT2D eigenvalue weighted by Crippen LogP contribution is 2.13. The van der Waals surface area contributed by atoms with Gasteiger partial charge in [0.05, 0.1) is 18.2 Å². The number of carboxylic acid groups (broad SMARTS) is 1. The molecule has 0 fully saturated rings. The van der Waals surface area contributed by atoms with Crippen molar-refractivity contribution in [2.24, 2.45) is 0 Å². The zero-order valence-electron chi connectivity index (χ0n) is 11.8. The van der Waals surface area contributed by atoms with Crippen molar-refractivity contribution in [3.05, 3.63) is 68.6 Å². The number of hydrogen-bond acceptors (Lipinski definition) is 3. The van der Waals surface area contributed by atoms with Crippen molar-refractivity contribution >= 4 is 5.97 Å². The van der Waals surface area contributed by atoms with E-state index >= 15 is 0 Å². The number of rotatable bonds is 3. The van der Waals surface area contributed by atoms with E-state index in [-0.39, 0.29) is 12.1 Å². The summed E-state index contributed by atoms with van der Waals surface area (Å²) < 4.78 is 1.43. The van der Waals surface area contributed by atoms with Crippen molar-refractivity contribution in [3.63, 3.8) is 0 Å². The molecule has 2 rings (SSSR count). The van der Waals surface area contributed by atoms with Crippen LogP contribution in [0.15, 0.2) is 35.1 Å². The molecule has 0 aliphatic heterocycles. The van der Waals surface area contributed by atoms with Crippen molar-refractivity contribution < 1.29 is 9.90 Å². The summed E-state index contributed by atoms with van der Waals surface area (Å²) in [5.41, 5.74) is 2.24. The summed E-state index contributed by atoms with van der Waals surface area (Å²) in [6.07, 6.45) is 0. The van der Waals surface area contributed by atoms with E-state index in [1.54, 1.807) is 31.2 Å². The second-order valence-corrected chi connectivity index (χ2v) is 4.84. The molecule has 0 bridgehead atoms. The smallest absolute Gasteiger partial charge is 0.341 e. The predicted octanol–water partition coefficient (Wildman–Crippen LogP) is 2.08. The summed E-state index contributed by atoms with van der Waals surface area (Å²) in [7, 11) is 0. The number of pyridine rings is 1. The van der Waals surface area contributed by atoms with Gasteiger partial charge >= 0.3 is 5.97 Å². The van der Waals surface area contributed by atoms with Crippen LogP contribution in [-0.2, 0) is 6.54 Å². The van der Waals surface area contributed by atoms with Crippen molar-refractivity contribution in [1.82, 2.24) is 4.57 Å². The third-order valence-electron chi connectivity index (χ3n) is 3.42. The standard InChI is InChI=1S/C16H14N2O3/c1-10-7-12(8-17)4-5-13(10)9-18-11(2)3-6-14(15(18)19)16(20)21/h3-7H,9H2,1-2H3,(H,20,21). The zero-order valence-corrected chi connectivity index (χ0v) is 11.8. The van der Waals surface area contributed by atoms with Gasteiger partial charge in [-0.3, -0.25) is 4.79 Å². The van der Waals surface area contributed by atoms with E-state index in [9.17, 15) is 9.59 Å². The van der Waals surface area contributed by atoms with Crippen LogP contribution in [0.3, 0.4) is 0 Å². The molecule has 0 atom stereocenters. The Morgan fingerprint density at radius 2 is 2.00 bits per heavy atom. The molecule has 1 aromatic heterocycles. The molecule has 1 heterocycles. The quantitative estimate of drug-likeness (QED) is 0.934. The van der Waals surface area contributed by atoms with Gasteiger partial charge in [-0.05, 0) is 49.2 Å². The fraction of sp³-hybridized carbons (Fsp3) is 0.188. The van der Waals surface area contributed by atoms with Crippen LogP contribution in [0.2, 0.25) is 0 Å². The molecule has 21 heavy (non-hydrogen) atoms. The minimum atomic E-state index is -1.23. The lowest BCUT2D eigenvalue weighted by atomic mass is 10.1. The predicted molar refractivity (Wildman–Crippen MR) is 77.4 cm³/mol. The van der Waals surface area contributed by atoms with Crippen LogP contribution in [0.25, 0.3) is 0 Å². The molecule has 106 valence electrons. The number of aromatic nitrogens is 1. The van der Waals surface area contributed by atoms with Crippen molar-refractivity contribution in [1.29, 1.82) is 5.26 Å². The summed E-state index contributed by atoms with van der Waals surface area (Å²) in [5.74, 6) is -1.23. The summed E-state index contributed by atoms with van der Waals surface area (Å²) in [5, 5.41) is 17.9. The highest BCUT2D eigenvalue weighted by atomic mass is 16.4. The lowest BCUT2D eigenvalue weighted by molar-refractivity contribution is 0.0694. The highest BCUT2D eigenvalue weighted by Gasteiger charge is 2.13. The Morgan fingerprint density at radius 3 is 2.57 bits per heavy atom. The lowest BCUT2D eigenvalue weighted by Gasteiger charge is -2.13. The molecule has 0 aliphatic rings. The van der Waals surface area contributed by atoms with Gasteiger partial charge < -0.3 is 9.67 Å². The highest BCUT2D eigenvalue weighted by molar-refractivity contribution is 5.87. The summed E-state index contributed by atoms with van der Waals surface area (Å²) in [4.78, 5) is 23.2. The minimum absolute atomic E-state index is 0.244. The fourth-order valence-electron chi connectivity index (χ4n) is 2.14. The maximum absolute atomic E-state index is 12.2. The number of aromatic carboxylic acids is 1. The first-order valence-electron chi connectivity index (χ1n) is 6.37. The largest absolute Gasteiger partial charge is 0.477 e. The van der Waals surface area contributed by atoms with Gasteiger partial charge in [0.1, 0.15) is 5.56 Å². The average molecular weight is 282 g/mol. The molecule has 1 aromatic carbocycles. The first-order chi connectivity index (χ1) is 9.93. The molecule has 5 heteroatoms. The molecule has 0 saturated carbocycles. The minimum Gasteiger partial charge on any atom is -0.477 e. The number of nitriles is 1. The summed E-state index contributed by atoms with van der Waals surface area (Å²) in [6, 6.07) is 10.2. The number of hydrogen-bond donors (Lipinski definition) is 1. The number of carboxylic acids is 1. The van der Waals surface area contributed by atoms with Crippen molar-refractivity contribution in [2.75, 3.05) is 0 Å². The fourth-order valence-corrected chi connectivity index (χ4v) is 2.14. The molecule has 0 spiro atoms. The zero-order chi connectivity index (χ0) is 15.6. The average Bonchev–Trinajstić information content (AvgIpc) is 2.44. The molecule has 2 aromatic rings. The summed E-state index contributed by atoms with van der Waals surface area (Å²) >= 11 is 0. The Morgan fingerprint density at radius 1 is 1.29 bits per heavy atom. The van der Waals surface area contributed by atoms with Gasteiger partial charge in [-0.2, -0.15) is 5.26 Å². The van der Waals surface area contributed by atoms with Crippen LogP contribution >= 0.6 is 0 Å². The Kier molecular flexibility index (Phi) is 3.90. The van der Waals surface area contributed by atoms with Crippen LogP contribution < -0.4 is 5.56 Å². The van der Waals surface area contributed by atoms with Gasteiger partial charge in [-0.15, -0.1) is 0 Å². The number of carbonyl (C=O) groups is 1. The normalized spacial score (nSPS) is 10.1. The molecule has 1 N–H and O–H groups in total. The van der Waals surface area contributed by atoms with Crippen molar-refractivity contribution in [3.8, 4) is 6.07 Å². The van der Waals surface area contributed by atoms with Gasteiger partial charge in [-0.25, -0.2) is 4.79 Å². The Labute approximate surface area is 121 Å². The van der Waals surface area contributed by atoms with Gasteiger partial charge in [0.2, 0.25) is 0 Å². The molecule has 0 aliphatic carbocycles. The van der Waals surface area contributed by atoms with Crippen LogP contribution in [-0.4, -0.2) is 15.6 Å². The molecule has 0 amide bonds. The van der Waals surface area contributed by atoms with Crippen LogP contribution in [0.4, 0.5) is 0 Å². The summed E-state index contributed by atoms with van der Waals surface area (Å²) in [6.45, 7) is 3.90. The molecular weight excluding hydrogens is 268 g/mol. The first-order valence-corrected chi connectivity index (χ1v) is 6.37. The van der Waals surface area contributed by atoms with Crippen LogP contribution in [0.5, 0.6) is 0 Å². The third kappa shape index (κ3) is 2.84. The van der Waals surface area contributed by atoms with E-state index in [4.69, 9.17) is 10.4 Å². The second kappa shape index (κ2) is 5.63. The van der Waals surface area contributed by atoms with Gasteiger partial charge in [0, 0.05) is 5.69 Å². The second-order valence-electron chi connectivity index (χ2n) is 4.84. The monoisotopic (exact) mass is 282 g/mol. The maximum atomic E-state index is 12.2. The molecule has 0 radical (unpaired) electrons. The van der Waals surface area contributed by atoms with Crippen molar-refractivity contribution in [2.45, 2.75) is 20.4 Å². The number of aryl methyl sites for hydroxylation is 2. The van der Waals surface area contributed by atoms with Gasteiger partial charge in [-0.1, -0.05) is 6.07 Å². The van der Waals surface area contributed by atoms with E-state index in [0.29, 0.717) is 11.3 Å². The number of benzene rings is 1. The third-order valence-corrected chi connectivity index (χ3v) is 3.42. The SMILES string of the molecule is Cc1cc(C#N)ccc1Cn1c(C)ccc(C(=O)O)c1=O. The van der Waals surface area contributed by atoms with E-state index in [1.165, 1.54) is 10.6 Å². The Balaban J connectivity index is 2.50. The van der Waals surface area contributed by atoms with Crippen LogP contribution in [0, 0.1) is 25.2 Å². The Hall–Kier alpha value is -2.87. The molecule has 0 unspecified atom stereocenters. The van der Waals surface area contributed by atoms with E-state index in [0.717, 1.165) is 11.1 Å². The van der Waals surface area contributed by atoms with E-state index in [2.05, 4.69) is 6.07 Å². The van der Waals surface area contributed by atoms with E-state index < -0.39 is 11.5 Å². The van der Waals surface area contributed by atoms with Gasteiger partial charge in [0.25, 0.3) is 5.56 Å². The van der Waals surface area contributed by atoms with Gasteiger partial charge in [0.15, 0.2) is 0 Å². The Bertz CT molecular complexity index is 813. The maximum Gasteiger partial charge on any atom is 0.341 e. The number of nitrogens with zero attached hydrogens (tertiary/aromatic N) is 2. The molecular formula is C16H14N2O3. The lowest BCUT2D eigenvalue weighted by Crippen LogP contribution is -2.28. The molecule has 5 nitrogen and oxygen atoms in total. The topological polar surface area (TPSA) is 83.1 Å². The van der Waals surface area contributed by atoms with Crippen LogP contribution in [0.1, 0.15) is 32.7 Å². The first kappa shape index (κ1) is 14.5.